The van der Waals surface area contributed by atoms with Gasteiger partial charge in [0.05, 0.1) is 0 Å². The van der Waals surface area contributed by atoms with Gasteiger partial charge in [-0.05, 0) is 19.4 Å². The minimum atomic E-state index is 0.584. The molecule has 78 valence electrons. The van der Waals surface area contributed by atoms with Crippen molar-refractivity contribution in [2.45, 2.75) is 20.5 Å². The first-order chi connectivity index (χ1) is 7.27. The second-order valence-corrected chi connectivity index (χ2v) is 3.56. The number of hydrogen-bond acceptors (Lipinski definition) is 2. The molecule has 0 fully saturated rings. The zero-order valence-corrected chi connectivity index (χ0v) is 8.99. The molecule has 1 aromatic heterocycles. The summed E-state index contributed by atoms with van der Waals surface area (Å²) >= 11 is 0. The van der Waals surface area contributed by atoms with E-state index >= 15 is 0 Å². The van der Waals surface area contributed by atoms with Gasteiger partial charge in [-0.2, -0.15) is 0 Å². The normalized spacial score (nSPS) is 10.3. The number of rotatable bonds is 3. The fraction of sp³-hybridized carbons (Fsp3) is 0.231. The van der Waals surface area contributed by atoms with Crippen molar-refractivity contribution in [3.63, 3.8) is 0 Å². The van der Waals surface area contributed by atoms with Crippen molar-refractivity contribution in [3.8, 4) is 5.75 Å². The van der Waals surface area contributed by atoms with E-state index in [-0.39, 0.29) is 0 Å². The van der Waals surface area contributed by atoms with Crippen LogP contribution in [0.1, 0.15) is 16.9 Å². The lowest BCUT2D eigenvalue weighted by Gasteiger charge is -2.04. The summed E-state index contributed by atoms with van der Waals surface area (Å²) in [6.45, 7) is 4.52. The summed E-state index contributed by atoms with van der Waals surface area (Å²) in [7, 11) is 0. The van der Waals surface area contributed by atoms with Gasteiger partial charge in [0.2, 0.25) is 0 Å². The zero-order valence-electron chi connectivity index (χ0n) is 8.99. The number of aryl methyl sites for hydroxylation is 1. The first kappa shape index (κ1) is 9.84. The van der Waals surface area contributed by atoms with Crippen LogP contribution in [0.4, 0.5) is 0 Å². The second kappa shape index (κ2) is 4.22. The Labute approximate surface area is 89.5 Å². The number of furan rings is 1. The summed E-state index contributed by atoms with van der Waals surface area (Å²) in [5, 5.41) is 0. The summed E-state index contributed by atoms with van der Waals surface area (Å²) in [6, 6.07) is 10.1. The van der Waals surface area contributed by atoms with E-state index in [0.717, 1.165) is 22.6 Å². The van der Waals surface area contributed by atoms with Crippen molar-refractivity contribution in [1.82, 2.24) is 0 Å². The topological polar surface area (TPSA) is 22.4 Å². The summed E-state index contributed by atoms with van der Waals surface area (Å²) in [5.41, 5.74) is 2.24. The molecule has 0 bridgehead atoms. The third kappa shape index (κ3) is 2.21. The van der Waals surface area contributed by atoms with E-state index in [9.17, 15) is 0 Å². The van der Waals surface area contributed by atoms with Gasteiger partial charge in [0.15, 0.2) is 5.75 Å². The molecule has 1 aromatic carbocycles. The summed E-state index contributed by atoms with van der Waals surface area (Å²) in [4.78, 5) is 0. The van der Waals surface area contributed by atoms with Gasteiger partial charge in [0.1, 0.15) is 18.6 Å². The van der Waals surface area contributed by atoms with E-state index in [4.69, 9.17) is 9.15 Å². The Kier molecular flexibility index (Phi) is 2.77. The quantitative estimate of drug-likeness (QED) is 0.760. The molecule has 0 saturated heterocycles. The Morgan fingerprint density at radius 1 is 1.13 bits per heavy atom. The van der Waals surface area contributed by atoms with Gasteiger partial charge in [-0.25, -0.2) is 0 Å². The largest absolute Gasteiger partial charge is 0.485 e. The molecule has 0 atom stereocenters. The highest BCUT2D eigenvalue weighted by molar-refractivity contribution is 5.32. The molecular weight excluding hydrogens is 188 g/mol. The van der Waals surface area contributed by atoms with Crippen LogP contribution in [-0.2, 0) is 6.61 Å². The van der Waals surface area contributed by atoms with Gasteiger partial charge < -0.3 is 9.15 Å². The number of hydrogen-bond donors (Lipinski definition) is 0. The van der Waals surface area contributed by atoms with Gasteiger partial charge >= 0.3 is 0 Å². The molecule has 2 aromatic rings. The molecule has 0 saturated carbocycles. The molecular formula is C13H14O2. The standard InChI is InChI=1S/C13H14O2/c1-10-11(2)14-9-13(10)15-8-12-6-4-3-5-7-12/h3-7,9H,8H2,1-2H3. The minimum Gasteiger partial charge on any atom is -0.485 e. The highest BCUT2D eigenvalue weighted by Gasteiger charge is 2.06. The third-order valence-corrected chi connectivity index (χ3v) is 2.48. The maximum atomic E-state index is 5.65. The van der Waals surface area contributed by atoms with Crippen molar-refractivity contribution in [1.29, 1.82) is 0 Å². The fourth-order valence-corrected chi connectivity index (χ4v) is 1.37. The lowest BCUT2D eigenvalue weighted by atomic mass is 10.2. The van der Waals surface area contributed by atoms with Gasteiger partial charge in [-0.15, -0.1) is 0 Å². The van der Waals surface area contributed by atoms with E-state index in [1.807, 2.05) is 44.2 Å². The predicted octanol–water partition coefficient (Wildman–Crippen LogP) is 3.48. The molecule has 0 unspecified atom stereocenters. The lowest BCUT2D eigenvalue weighted by molar-refractivity contribution is 0.301. The number of benzene rings is 1. The van der Waals surface area contributed by atoms with Crippen LogP contribution in [0.15, 0.2) is 41.0 Å². The molecule has 0 radical (unpaired) electrons. The molecule has 0 aliphatic rings. The van der Waals surface area contributed by atoms with Gasteiger partial charge in [0, 0.05) is 5.56 Å². The van der Waals surface area contributed by atoms with Crippen molar-refractivity contribution < 1.29 is 9.15 Å². The average molecular weight is 202 g/mol. The van der Waals surface area contributed by atoms with Crippen molar-refractivity contribution >= 4 is 0 Å². The van der Waals surface area contributed by atoms with Crippen LogP contribution in [-0.4, -0.2) is 0 Å². The lowest BCUT2D eigenvalue weighted by Crippen LogP contribution is -1.94. The van der Waals surface area contributed by atoms with Crippen LogP contribution in [0.3, 0.4) is 0 Å². The Balaban J connectivity index is 2.02. The second-order valence-electron chi connectivity index (χ2n) is 3.56. The van der Waals surface area contributed by atoms with E-state index in [2.05, 4.69) is 0 Å². The van der Waals surface area contributed by atoms with Gasteiger partial charge in [-0.1, -0.05) is 30.3 Å². The molecule has 0 N–H and O–H groups in total. The minimum absolute atomic E-state index is 0.584. The average Bonchev–Trinajstić information content (AvgIpc) is 2.59. The van der Waals surface area contributed by atoms with Crippen LogP contribution in [0.25, 0.3) is 0 Å². The van der Waals surface area contributed by atoms with Crippen LogP contribution in [0.5, 0.6) is 5.75 Å². The zero-order chi connectivity index (χ0) is 10.7. The van der Waals surface area contributed by atoms with Gasteiger partial charge in [0.25, 0.3) is 0 Å². The maximum absolute atomic E-state index is 5.65. The number of ether oxygens (including phenoxy) is 1. The Morgan fingerprint density at radius 3 is 2.47 bits per heavy atom. The Bertz CT molecular complexity index is 429. The first-order valence-corrected chi connectivity index (χ1v) is 4.99. The van der Waals surface area contributed by atoms with Crippen LogP contribution in [0.2, 0.25) is 0 Å². The SMILES string of the molecule is Cc1occ(OCc2ccccc2)c1C. The fourth-order valence-electron chi connectivity index (χ4n) is 1.37. The molecule has 2 rings (SSSR count). The molecule has 0 aliphatic carbocycles. The predicted molar refractivity (Wildman–Crippen MR) is 59.0 cm³/mol. The molecule has 0 spiro atoms. The van der Waals surface area contributed by atoms with Crippen molar-refractivity contribution in [2.75, 3.05) is 0 Å². The molecule has 15 heavy (non-hydrogen) atoms. The summed E-state index contributed by atoms with van der Waals surface area (Å²) < 4.78 is 10.9. The van der Waals surface area contributed by atoms with Gasteiger partial charge in [-0.3, -0.25) is 0 Å². The van der Waals surface area contributed by atoms with Crippen LogP contribution >= 0.6 is 0 Å². The van der Waals surface area contributed by atoms with E-state index in [1.165, 1.54) is 0 Å². The molecule has 2 nitrogen and oxygen atoms in total. The van der Waals surface area contributed by atoms with Crippen molar-refractivity contribution in [3.05, 3.63) is 53.5 Å². The van der Waals surface area contributed by atoms with Crippen LogP contribution in [0, 0.1) is 13.8 Å². The highest BCUT2D eigenvalue weighted by atomic mass is 16.5. The van der Waals surface area contributed by atoms with E-state index in [1.54, 1.807) is 6.26 Å². The smallest absolute Gasteiger partial charge is 0.161 e. The van der Waals surface area contributed by atoms with Crippen molar-refractivity contribution in [2.24, 2.45) is 0 Å². The Morgan fingerprint density at radius 2 is 1.87 bits per heavy atom. The molecule has 2 heteroatoms. The monoisotopic (exact) mass is 202 g/mol. The molecule has 0 amide bonds. The molecule has 1 heterocycles. The van der Waals surface area contributed by atoms with E-state index in [0.29, 0.717) is 6.61 Å². The third-order valence-electron chi connectivity index (χ3n) is 2.48. The molecule has 0 aliphatic heterocycles. The highest BCUT2D eigenvalue weighted by Crippen LogP contribution is 2.23. The van der Waals surface area contributed by atoms with E-state index < -0.39 is 0 Å². The maximum Gasteiger partial charge on any atom is 0.161 e. The first-order valence-electron chi connectivity index (χ1n) is 4.99. The summed E-state index contributed by atoms with van der Waals surface area (Å²) in [5.74, 6) is 1.74. The Hall–Kier alpha value is -1.70. The summed E-state index contributed by atoms with van der Waals surface area (Å²) in [6.07, 6.45) is 1.66. The van der Waals surface area contributed by atoms with Crippen LogP contribution < -0.4 is 4.74 Å².